The summed E-state index contributed by atoms with van der Waals surface area (Å²) in [5, 5.41) is 2.40. The molecule has 0 fully saturated rings. The number of nitrogens with one attached hydrogen (secondary N) is 1. The largest absolute Gasteiger partial charge is 0.370 e. The Morgan fingerprint density at radius 3 is 2.58 bits per heavy atom. The molecular weight excluding hydrogens is 335 g/mol. The van der Waals surface area contributed by atoms with Crippen molar-refractivity contribution in [3.8, 4) is 11.3 Å². The molecule has 7 heteroatoms. The Labute approximate surface area is 141 Å². The predicted octanol–water partition coefficient (Wildman–Crippen LogP) is 3.69. The first-order chi connectivity index (χ1) is 11.5. The first-order valence-electron chi connectivity index (χ1n) is 6.99. The molecule has 1 N–H and O–H groups in total. The molecule has 5 nitrogen and oxygen atoms in total. The van der Waals surface area contributed by atoms with Gasteiger partial charge in [0, 0.05) is 18.3 Å². The second kappa shape index (κ2) is 6.33. The van der Waals surface area contributed by atoms with Crippen molar-refractivity contribution in [2.45, 2.75) is 0 Å². The molecule has 3 rings (SSSR count). The number of rotatable bonds is 3. The molecule has 0 aliphatic heterocycles. The van der Waals surface area contributed by atoms with E-state index in [4.69, 9.17) is 16.1 Å². The van der Waals surface area contributed by atoms with Gasteiger partial charge in [-0.15, -0.1) is 0 Å². The molecule has 0 saturated carbocycles. The van der Waals surface area contributed by atoms with Crippen molar-refractivity contribution in [1.82, 2.24) is 4.74 Å². The first-order valence-corrected chi connectivity index (χ1v) is 7.37. The summed E-state index contributed by atoms with van der Waals surface area (Å²) in [4.78, 5) is 24.6. The van der Waals surface area contributed by atoms with Gasteiger partial charge in [-0.3, -0.25) is 4.79 Å². The van der Waals surface area contributed by atoms with Crippen LogP contribution in [0.3, 0.4) is 0 Å². The van der Waals surface area contributed by atoms with E-state index >= 15 is 0 Å². The Kier molecular flexibility index (Phi) is 4.22. The van der Waals surface area contributed by atoms with Crippen LogP contribution in [0.15, 0.2) is 57.8 Å². The minimum atomic E-state index is -0.762. The smallest absolute Gasteiger partial charge is 0.335 e. The fourth-order valence-electron chi connectivity index (χ4n) is 2.36. The quantitative estimate of drug-likeness (QED) is 0.786. The molecule has 122 valence electrons. The zero-order chi connectivity index (χ0) is 17.3. The molecule has 1 aromatic heterocycles. The topological polar surface area (TPSA) is 64.2 Å². The van der Waals surface area contributed by atoms with E-state index in [-0.39, 0.29) is 16.3 Å². The van der Waals surface area contributed by atoms with E-state index in [9.17, 15) is 14.0 Å². The third kappa shape index (κ3) is 2.96. The summed E-state index contributed by atoms with van der Waals surface area (Å²) >= 11 is 5.70. The van der Waals surface area contributed by atoms with Gasteiger partial charge in [0.05, 0.1) is 5.02 Å². The fourth-order valence-corrected chi connectivity index (χ4v) is 2.54. The van der Waals surface area contributed by atoms with Crippen molar-refractivity contribution in [2.24, 2.45) is 7.05 Å². The molecule has 3 aromatic rings. The maximum atomic E-state index is 13.2. The van der Waals surface area contributed by atoms with Gasteiger partial charge in [0.25, 0.3) is 5.91 Å². The minimum absolute atomic E-state index is 0.129. The van der Waals surface area contributed by atoms with Crippen LogP contribution in [0.25, 0.3) is 11.3 Å². The van der Waals surface area contributed by atoms with E-state index in [2.05, 4.69) is 5.32 Å². The zero-order valence-electron chi connectivity index (χ0n) is 12.5. The SMILES string of the molecule is Cn1oc(=O)c(C(=O)Nc2ccc(F)c(Cl)c2)c1-c1ccccc1. The van der Waals surface area contributed by atoms with Gasteiger partial charge in [0.15, 0.2) is 5.56 Å². The second-order valence-corrected chi connectivity index (χ2v) is 5.46. The van der Waals surface area contributed by atoms with Crippen molar-refractivity contribution in [3.05, 3.63) is 75.4 Å². The lowest BCUT2D eigenvalue weighted by Gasteiger charge is -2.07. The predicted molar refractivity (Wildman–Crippen MR) is 88.7 cm³/mol. The van der Waals surface area contributed by atoms with Gasteiger partial charge in [-0.25, -0.2) is 13.9 Å². The van der Waals surface area contributed by atoms with E-state index in [1.54, 1.807) is 24.3 Å². The molecule has 1 amide bonds. The number of aryl methyl sites for hydroxylation is 1. The Hall–Kier alpha value is -2.86. The maximum Gasteiger partial charge on any atom is 0.370 e. The average Bonchev–Trinajstić information content (AvgIpc) is 2.86. The van der Waals surface area contributed by atoms with Gasteiger partial charge < -0.3 is 9.84 Å². The monoisotopic (exact) mass is 346 g/mol. The highest BCUT2D eigenvalue weighted by Gasteiger charge is 2.24. The Morgan fingerprint density at radius 1 is 1.21 bits per heavy atom. The van der Waals surface area contributed by atoms with Crippen molar-refractivity contribution in [3.63, 3.8) is 0 Å². The number of carbonyl (C=O) groups is 1. The molecular formula is C17H12ClFN2O3. The first kappa shape index (κ1) is 16.0. The Balaban J connectivity index is 2.01. The highest BCUT2D eigenvalue weighted by Crippen LogP contribution is 2.24. The number of hydrogen-bond acceptors (Lipinski definition) is 3. The van der Waals surface area contributed by atoms with Crippen LogP contribution in [0.5, 0.6) is 0 Å². The van der Waals surface area contributed by atoms with E-state index in [1.165, 1.54) is 23.9 Å². The van der Waals surface area contributed by atoms with Crippen LogP contribution >= 0.6 is 11.6 Å². The molecule has 2 aromatic carbocycles. The molecule has 0 spiro atoms. The summed E-state index contributed by atoms with van der Waals surface area (Å²) < 4.78 is 19.5. The maximum absolute atomic E-state index is 13.2. The highest BCUT2D eigenvalue weighted by molar-refractivity contribution is 6.31. The normalized spacial score (nSPS) is 10.6. The van der Waals surface area contributed by atoms with Crippen molar-refractivity contribution in [2.75, 3.05) is 5.32 Å². The number of benzene rings is 2. The number of hydrogen-bond donors (Lipinski definition) is 1. The van der Waals surface area contributed by atoms with E-state index < -0.39 is 17.3 Å². The number of anilines is 1. The number of halogens is 2. The summed E-state index contributed by atoms with van der Waals surface area (Å²) in [6.07, 6.45) is 0. The lowest BCUT2D eigenvalue weighted by atomic mass is 10.1. The standard InChI is InChI=1S/C17H12ClFN2O3/c1-21-15(10-5-3-2-4-6-10)14(17(23)24-21)16(22)20-11-7-8-13(19)12(18)9-11/h2-9H,1H3,(H,20,22). The third-order valence-corrected chi connectivity index (χ3v) is 3.72. The Bertz CT molecular complexity index is 964. The molecule has 0 aliphatic carbocycles. The van der Waals surface area contributed by atoms with Crippen LogP contribution in [0.1, 0.15) is 10.4 Å². The van der Waals surface area contributed by atoms with Crippen molar-refractivity contribution >= 4 is 23.2 Å². The van der Waals surface area contributed by atoms with Gasteiger partial charge >= 0.3 is 5.63 Å². The van der Waals surface area contributed by atoms with Crippen LogP contribution in [0, 0.1) is 5.82 Å². The average molecular weight is 347 g/mol. The van der Waals surface area contributed by atoms with Crippen LogP contribution in [0.4, 0.5) is 10.1 Å². The number of amides is 1. The van der Waals surface area contributed by atoms with E-state index in [0.717, 1.165) is 6.07 Å². The van der Waals surface area contributed by atoms with Gasteiger partial charge in [0.1, 0.15) is 11.5 Å². The summed E-state index contributed by atoms with van der Waals surface area (Å²) in [6, 6.07) is 12.7. The lowest BCUT2D eigenvalue weighted by molar-refractivity contribution is 0.102. The van der Waals surface area contributed by atoms with Gasteiger partial charge in [-0.2, -0.15) is 0 Å². The number of carbonyl (C=O) groups excluding carboxylic acids is 1. The van der Waals surface area contributed by atoms with E-state index in [1.807, 2.05) is 6.07 Å². The van der Waals surface area contributed by atoms with Crippen LogP contribution < -0.4 is 10.9 Å². The molecule has 0 radical (unpaired) electrons. The molecule has 24 heavy (non-hydrogen) atoms. The lowest BCUT2D eigenvalue weighted by Crippen LogP contribution is -2.19. The molecule has 0 unspecified atom stereocenters. The number of nitrogens with zero attached hydrogens (tertiary/aromatic N) is 1. The molecule has 0 saturated heterocycles. The number of aromatic nitrogens is 1. The molecule has 0 atom stereocenters. The Morgan fingerprint density at radius 2 is 1.92 bits per heavy atom. The van der Waals surface area contributed by atoms with Crippen LogP contribution in [-0.4, -0.2) is 10.6 Å². The summed E-state index contributed by atoms with van der Waals surface area (Å²) in [7, 11) is 1.54. The molecule has 0 bridgehead atoms. The van der Waals surface area contributed by atoms with Crippen molar-refractivity contribution in [1.29, 1.82) is 0 Å². The van der Waals surface area contributed by atoms with Crippen LogP contribution in [0.2, 0.25) is 5.02 Å². The summed E-state index contributed by atoms with van der Waals surface area (Å²) in [6.45, 7) is 0. The van der Waals surface area contributed by atoms with Crippen molar-refractivity contribution < 1.29 is 13.7 Å². The van der Waals surface area contributed by atoms with Gasteiger partial charge in [-0.1, -0.05) is 41.9 Å². The van der Waals surface area contributed by atoms with E-state index in [0.29, 0.717) is 11.3 Å². The molecule has 1 heterocycles. The van der Waals surface area contributed by atoms with Gasteiger partial charge in [0.2, 0.25) is 0 Å². The second-order valence-electron chi connectivity index (χ2n) is 5.05. The molecule has 0 aliphatic rings. The zero-order valence-corrected chi connectivity index (χ0v) is 13.3. The third-order valence-electron chi connectivity index (χ3n) is 3.43. The summed E-state index contributed by atoms with van der Waals surface area (Å²) in [5.74, 6) is -1.26. The minimum Gasteiger partial charge on any atom is -0.335 e. The van der Waals surface area contributed by atoms with Crippen LogP contribution in [-0.2, 0) is 7.05 Å². The van der Waals surface area contributed by atoms with Gasteiger partial charge in [-0.05, 0) is 18.2 Å². The summed E-state index contributed by atoms with van der Waals surface area (Å²) in [5.41, 5.74) is 0.388. The highest BCUT2D eigenvalue weighted by atomic mass is 35.5. The fraction of sp³-hybridized carbons (Fsp3) is 0.0588.